The Bertz CT molecular complexity index is 198. The summed E-state index contributed by atoms with van der Waals surface area (Å²) in [6.07, 6.45) is 2.01. The Hall–Kier alpha value is -0.640. The van der Waals surface area contributed by atoms with Gasteiger partial charge >= 0.3 is 5.97 Å². The number of hydrogen-bond acceptors (Lipinski definition) is 2. The van der Waals surface area contributed by atoms with Gasteiger partial charge in [0.15, 0.2) is 0 Å². The Kier molecular flexibility index (Phi) is 3.25. The van der Waals surface area contributed by atoms with Crippen molar-refractivity contribution in [1.82, 2.24) is 4.90 Å². The maximum Gasteiger partial charge on any atom is 0.323 e. The molecule has 1 N–H and O–H groups in total. The maximum absolute atomic E-state index is 11.9. The van der Waals surface area contributed by atoms with E-state index in [9.17, 15) is 9.18 Å². The number of halogens is 1. The minimum absolute atomic E-state index is 0.369. The van der Waals surface area contributed by atoms with Crippen LogP contribution in [0.15, 0.2) is 0 Å². The Morgan fingerprint density at radius 3 is 2.92 bits per heavy atom. The third-order valence-electron chi connectivity index (χ3n) is 2.81. The number of carboxylic acids is 1. The molecule has 1 atom stereocenters. The first-order valence-corrected chi connectivity index (χ1v) is 4.65. The first-order valence-electron chi connectivity index (χ1n) is 4.65. The molecule has 0 spiro atoms. The fourth-order valence-electron chi connectivity index (χ4n) is 1.87. The molecule has 13 heavy (non-hydrogen) atoms. The first-order chi connectivity index (χ1) is 6.11. The molecule has 1 aliphatic heterocycles. The van der Waals surface area contributed by atoms with Crippen LogP contribution in [0.2, 0.25) is 0 Å². The highest BCUT2D eigenvalue weighted by Gasteiger charge is 2.42. The second-order valence-corrected chi connectivity index (χ2v) is 3.71. The quantitative estimate of drug-likeness (QED) is 0.724. The molecule has 0 aromatic carbocycles. The monoisotopic (exact) mass is 189 g/mol. The first kappa shape index (κ1) is 10.4. The van der Waals surface area contributed by atoms with Crippen LogP contribution in [0.3, 0.4) is 0 Å². The van der Waals surface area contributed by atoms with Gasteiger partial charge in [-0.3, -0.25) is 14.1 Å². The predicted molar refractivity (Wildman–Crippen MR) is 47.4 cm³/mol. The molecule has 0 aliphatic carbocycles. The van der Waals surface area contributed by atoms with Crippen LogP contribution < -0.4 is 0 Å². The van der Waals surface area contributed by atoms with Crippen LogP contribution in [-0.4, -0.2) is 41.3 Å². The van der Waals surface area contributed by atoms with E-state index in [0.29, 0.717) is 19.4 Å². The Morgan fingerprint density at radius 1 is 1.69 bits per heavy atom. The molecule has 0 amide bonds. The Balaban J connectivity index is 2.57. The van der Waals surface area contributed by atoms with E-state index in [1.165, 1.54) is 0 Å². The summed E-state index contributed by atoms with van der Waals surface area (Å²) in [7, 11) is 0. The summed E-state index contributed by atoms with van der Waals surface area (Å²) >= 11 is 0. The summed E-state index contributed by atoms with van der Waals surface area (Å²) in [5, 5.41) is 9.01. The van der Waals surface area contributed by atoms with Crippen molar-refractivity contribution in [3.8, 4) is 0 Å². The normalized spacial score (nSPS) is 29.4. The van der Waals surface area contributed by atoms with Gasteiger partial charge in [0, 0.05) is 6.54 Å². The molecule has 1 heterocycles. The van der Waals surface area contributed by atoms with Crippen molar-refractivity contribution in [2.75, 3.05) is 19.8 Å². The van der Waals surface area contributed by atoms with Crippen molar-refractivity contribution in [3.05, 3.63) is 0 Å². The SMILES string of the molecule is CC1(C(=O)O)CCCN1CCCF. The fraction of sp³-hybridized carbons (Fsp3) is 0.889. The molecule has 1 fully saturated rings. The lowest BCUT2D eigenvalue weighted by molar-refractivity contribution is -0.148. The van der Waals surface area contributed by atoms with E-state index in [0.717, 1.165) is 13.0 Å². The zero-order chi connectivity index (χ0) is 9.90. The Labute approximate surface area is 77.5 Å². The van der Waals surface area contributed by atoms with Gasteiger partial charge in [0.2, 0.25) is 0 Å². The molecule has 1 rings (SSSR count). The van der Waals surface area contributed by atoms with E-state index in [4.69, 9.17) is 5.11 Å². The van der Waals surface area contributed by atoms with Crippen LogP contribution in [0, 0.1) is 0 Å². The van der Waals surface area contributed by atoms with Gasteiger partial charge in [-0.15, -0.1) is 0 Å². The number of aliphatic carboxylic acids is 1. The molecule has 0 aromatic rings. The van der Waals surface area contributed by atoms with Crippen molar-refractivity contribution in [2.24, 2.45) is 0 Å². The van der Waals surface area contributed by atoms with E-state index in [1.54, 1.807) is 6.92 Å². The summed E-state index contributed by atoms with van der Waals surface area (Å²) in [4.78, 5) is 12.8. The molecule has 0 radical (unpaired) electrons. The van der Waals surface area contributed by atoms with Crippen LogP contribution in [0.5, 0.6) is 0 Å². The Morgan fingerprint density at radius 2 is 2.38 bits per heavy atom. The van der Waals surface area contributed by atoms with Crippen LogP contribution in [0.25, 0.3) is 0 Å². The van der Waals surface area contributed by atoms with Gasteiger partial charge in [-0.25, -0.2) is 0 Å². The molecule has 1 unspecified atom stereocenters. The van der Waals surface area contributed by atoms with Crippen LogP contribution in [0.1, 0.15) is 26.2 Å². The molecule has 76 valence electrons. The zero-order valence-corrected chi connectivity index (χ0v) is 7.92. The van der Waals surface area contributed by atoms with Gasteiger partial charge in [0.05, 0.1) is 6.67 Å². The zero-order valence-electron chi connectivity index (χ0n) is 7.92. The summed E-state index contributed by atoms with van der Waals surface area (Å²) in [5.41, 5.74) is -0.755. The summed E-state index contributed by atoms with van der Waals surface area (Å²) < 4.78 is 11.9. The highest BCUT2D eigenvalue weighted by molar-refractivity contribution is 5.78. The maximum atomic E-state index is 11.9. The van der Waals surface area contributed by atoms with Gasteiger partial charge in [-0.2, -0.15) is 0 Å². The van der Waals surface area contributed by atoms with E-state index < -0.39 is 11.5 Å². The molecule has 1 aliphatic rings. The van der Waals surface area contributed by atoms with Crippen molar-refractivity contribution in [2.45, 2.75) is 31.7 Å². The molecular weight excluding hydrogens is 173 g/mol. The van der Waals surface area contributed by atoms with Crippen LogP contribution in [-0.2, 0) is 4.79 Å². The smallest absolute Gasteiger partial charge is 0.323 e. The van der Waals surface area contributed by atoms with Crippen molar-refractivity contribution >= 4 is 5.97 Å². The number of rotatable bonds is 4. The van der Waals surface area contributed by atoms with Gasteiger partial charge in [0.1, 0.15) is 5.54 Å². The fourth-order valence-corrected chi connectivity index (χ4v) is 1.87. The average molecular weight is 189 g/mol. The van der Waals surface area contributed by atoms with Crippen LogP contribution in [0.4, 0.5) is 4.39 Å². The largest absolute Gasteiger partial charge is 0.480 e. The molecule has 0 saturated carbocycles. The third-order valence-corrected chi connectivity index (χ3v) is 2.81. The second kappa shape index (κ2) is 4.05. The van der Waals surface area contributed by atoms with Crippen LogP contribution >= 0.6 is 0 Å². The highest BCUT2D eigenvalue weighted by atomic mass is 19.1. The van der Waals surface area contributed by atoms with E-state index in [-0.39, 0.29) is 6.67 Å². The van der Waals surface area contributed by atoms with Gasteiger partial charge in [-0.05, 0) is 32.7 Å². The van der Waals surface area contributed by atoms with Gasteiger partial charge in [0.25, 0.3) is 0 Å². The summed E-state index contributed by atoms with van der Waals surface area (Å²) in [5.74, 6) is -0.788. The number of hydrogen-bond donors (Lipinski definition) is 1. The number of likely N-dealkylation sites (tertiary alicyclic amines) is 1. The predicted octanol–water partition coefficient (Wildman–Crippen LogP) is 1.29. The van der Waals surface area contributed by atoms with Crippen molar-refractivity contribution in [1.29, 1.82) is 0 Å². The van der Waals surface area contributed by atoms with E-state index in [2.05, 4.69) is 0 Å². The highest BCUT2D eigenvalue weighted by Crippen LogP contribution is 2.28. The number of carbonyl (C=O) groups is 1. The van der Waals surface area contributed by atoms with Crippen molar-refractivity contribution < 1.29 is 14.3 Å². The standard InChI is InChI=1S/C9H16FNO2/c1-9(8(12)13)4-2-6-11(9)7-3-5-10/h2-7H2,1H3,(H,12,13). The molecule has 0 bridgehead atoms. The number of carboxylic acid groups (broad SMARTS) is 1. The second-order valence-electron chi connectivity index (χ2n) is 3.71. The summed E-state index contributed by atoms with van der Waals surface area (Å²) in [6, 6.07) is 0. The van der Waals surface area contributed by atoms with E-state index >= 15 is 0 Å². The number of nitrogens with zero attached hydrogens (tertiary/aromatic N) is 1. The van der Waals surface area contributed by atoms with Crippen molar-refractivity contribution in [3.63, 3.8) is 0 Å². The lowest BCUT2D eigenvalue weighted by Gasteiger charge is -2.30. The summed E-state index contributed by atoms with van der Waals surface area (Å²) in [6.45, 7) is 2.69. The molecule has 0 aromatic heterocycles. The molecular formula is C9H16FNO2. The number of alkyl halides is 1. The molecule has 3 nitrogen and oxygen atoms in total. The van der Waals surface area contributed by atoms with E-state index in [1.807, 2.05) is 4.90 Å². The third kappa shape index (κ3) is 1.99. The van der Waals surface area contributed by atoms with Gasteiger partial charge in [-0.1, -0.05) is 0 Å². The molecule has 1 saturated heterocycles. The minimum atomic E-state index is -0.788. The topological polar surface area (TPSA) is 40.5 Å². The molecule has 4 heteroatoms. The average Bonchev–Trinajstić information content (AvgIpc) is 2.45. The lowest BCUT2D eigenvalue weighted by atomic mass is 9.99. The van der Waals surface area contributed by atoms with Gasteiger partial charge < -0.3 is 5.11 Å². The minimum Gasteiger partial charge on any atom is -0.480 e. The lowest BCUT2D eigenvalue weighted by Crippen LogP contribution is -2.48.